The minimum absolute atomic E-state index is 0.813. The SMILES string of the molecule is Nc1cc(Br)ccc1SCc1ccncc1. The summed E-state index contributed by atoms with van der Waals surface area (Å²) >= 11 is 5.13. The molecule has 2 rings (SSSR count). The van der Waals surface area contributed by atoms with E-state index in [4.69, 9.17) is 5.73 Å². The van der Waals surface area contributed by atoms with E-state index in [-0.39, 0.29) is 0 Å². The van der Waals surface area contributed by atoms with Gasteiger partial charge in [-0.1, -0.05) is 15.9 Å². The molecule has 2 aromatic rings. The van der Waals surface area contributed by atoms with Gasteiger partial charge in [-0.2, -0.15) is 0 Å². The van der Waals surface area contributed by atoms with E-state index in [1.807, 2.05) is 30.3 Å². The van der Waals surface area contributed by atoms with Crippen LogP contribution in [0.2, 0.25) is 0 Å². The summed E-state index contributed by atoms with van der Waals surface area (Å²) in [6.07, 6.45) is 3.61. The van der Waals surface area contributed by atoms with E-state index in [9.17, 15) is 0 Å². The minimum atomic E-state index is 0.813. The number of aromatic nitrogens is 1. The topological polar surface area (TPSA) is 38.9 Å². The molecule has 1 aromatic carbocycles. The second-order valence-corrected chi connectivity index (χ2v) is 5.26. The van der Waals surface area contributed by atoms with Crippen LogP contribution in [0.15, 0.2) is 52.1 Å². The fourth-order valence-electron chi connectivity index (χ4n) is 1.29. The Labute approximate surface area is 107 Å². The Balaban J connectivity index is 2.05. The number of nitrogens with two attached hydrogens (primary N) is 1. The van der Waals surface area contributed by atoms with Crippen LogP contribution in [-0.2, 0) is 5.75 Å². The quantitative estimate of drug-likeness (QED) is 0.693. The summed E-state index contributed by atoms with van der Waals surface area (Å²) in [7, 11) is 0. The normalized spacial score (nSPS) is 10.3. The Hall–Kier alpha value is -1.00. The van der Waals surface area contributed by atoms with Gasteiger partial charge >= 0.3 is 0 Å². The zero-order valence-electron chi connectivity index (χ0n) is 8.56. The van der Waals surface area contributed by atoms with Gasteiger partial charge in [0, 0.05) is 33.2 Å². The maximum atomic E-state index is 5.92. The van der Waals surface area contributed by atoms with Gasteiger partial charge in [-0.05, 0) is 35.9 Å². The molecule has 16 heavy (non-hydrogen) atoms. The lowest BCUT2D eigenvalue weighted by Crippen LogP contribution is -1.89. The maximum absolute atomic E-state index is 5.92. The second kappa shape index (κ2) is 5.37. The third kappa shape index (κ3) is 3.00. The van der Waals surface area contributed by atoms with E-state index in [0.717, 1.165) is 20.8 Å². The van der Waals surface area contributed by atoms with E-state index >= 15 is 0 Å². The number of halogens is 1. The summed E-state index contributed by atoms with van der Waals surface area (Å²) in [6, 6.07) is 10.00. The van der Waals surface area contributed by atoms with Gasteiger partial charge in [-0.25, -0.2) is 0 Å². The average molecular weight is 295 g/mol. The van der Waals surface area contributed by atoms with E-state index < -0.39 is 0 Å². The predicted octanol–water partition coefficient (Wildman–Crippen LogP) is 3.72. The van der Waals surface area contributed by atoms with Crippen molar-refractivity contribution in [3.05, 3.63) is 52.8 Å². The van der Waals surface area contributed by atoms with Crippen molar-refractivity contribution < 1.29 is 0 Å². The van der Waals surface area contributed by atoms with Crippen molar-refractivity contribution in [3.63, 3.8) is 0 Å². The summed E-state index contributed by atoms with van der Waals surface area (Å²) in [5, 5.41) is 0. The first-order valence-electron chi connectivity index (χ1n) is 4.82. The van der Waals surface area contributed by atoms with Crippen LogP contribution >= 0.6 is 27.7 Å². The lowest BCUT2D eigenvalue weighted by Gasteiger charge is -2.05. The molecular weight excluding hydrogens is 284 g/mol. The monoisotopic (exact) mass is 294 g/mol. The third-order valence-electron chi connectivity index (χ3n) is 2.12. The van der Waals surface area contributed by atoms with E-state index in [2.05, 4.69) is 20.9 Å². The molecule has 1 aromatic heterocycles. The molecule has 4 heteroatoms. The molecule has 2 N–H and O–H groups in total. The van der Waals surface area contributed by atoms with Crippen LogP contribution in [0.5, 0.6) is 0 Å². The lowest BCUT2D eigenvalue weighted by molar-refractivity contribution is 1.27. The van der Waals surface area contributed by atoms with Crippen molar-refractivity contribution >= 4 is 33.4 Å². The Morgan fingerprint density at radius 1 is 1.19 bits per heavy atom. The summed E-state index contributed by atoms with van der Waals surface area (Å²) in [4.78, 5) is 5.10. The average Bonchev–Trinajstić information content (AvgIpc) is 2.29. The fourth-order valence-corrected chi connectivity index (χ4v) is 2.57. The lowest BCUT2D eigenvalue weighted by atomic mass is 10.3. The van der Waals surface area contributed by atoms with Crippen molar-refractivity contribution in [1.29, 1.82) is 0 Å². The van der Waals surface area contributed by atoms with Gasteiger partial charge in [0.25, 0.3) is 0 Å². The Kier molecular flexibility index (Phi) is 3.85. The highest BCUT2D eigenvalue weighted by atomic mass is 79.9. The first-order chi connectivity index (χ1) is 7.75. The third-order valence-corrected chi connectivity index (χ3v) is 3.77. The zero-order chi connectivity index (χ0) is 11.4. The van der Waals surface area contributed by atoms with Crippen LogP contribution in [0.1, 0.15) is 5.56 Å². The first-order valence-corrected chi connectivity index (χ1v) is 6.60. The highest BCUT2D eigenvalue weighted by Gasteiger charge is 2.01. The number of nitrogens with zero attached hydrogens (tertiary/aromatic N) is 1. The molecule has 0 radical (unpaired) electrons. The maximum Gasteiger partial charge on any atom is 0.0463 e. The minimum Gasteiger partial charge on any atom is -0.398 e. The Morgan fingerprint density at radius 3 is 2.62 bits per heavy atom. The molecule has 2 nitrogen and oxygen atoms in total. The number of hydrogen-bond donors (Lipinski definition) is 1. The Bertz CT molecular complexity index is 474. The van der Waals surface area contributed by atoms with Crippen LogP contribution in [0, 0.1) is 0 Å². The fraction of sp³-hybridized carbons (Fsp3) is 0.0833. The van der Waals surface area contributed by atoms with Crippen molar-refractivity contribution in [2.75, 3.05) is 5.73 Å². The van der Waals surface area contributed by atoms with Crippen molar-refractivity contribution in [3.8, 4) is 0 Å². The molecule has 0 aliphatic carbocycles. The van der Waals surface area contributed by atoms with E-state index in [1.165, 1.54) is 5.56 Å². The zero-order valence-corrected chi connectivity index (χ0v) is 11.0. The standard InChI is InChI=1S/C12H11BrN2S/c13-10-1-2-12(11(14)7-10)16-8-9-3-5-15-6-4-9/h1-7H,8,14H2. The van der Waals surface area contributed by atoms with Crippen molar-refractivity contribution in [1.82, 2.24) is 4.98 Å². The number of rotatable bonds is 3. The Morgan fingerprint density at radius 2 is 1.94 bits per heavy atom. The molecule has 0 saturated heterocycles. The van der Waals surface area contributed by atoms with Crippen LogP contribution < -0.4 is 5.73 Å². The molecular formula is C12H11BrN2S. The van der Waals surface area contributed by atoms with Crippen molar-refractivity contribution in [2.45, 2.75) is 10.6 Å². The number of anilines is 1. The second-order valence-electron chi connectivity index (χ2n) is 3.33. The first kappa shape index (κ1) is 11.5. The van der Waals surface area contributed by atoms with Gasteiger partial charge in [0.2, 0.25) is 0 Å². The molecule has 0 bridgehead atoms. The van der Waals surface area contributed by atoms with Gasteiger partial charge in [0.15, 0.2) is 0 Å². The highest BCUT2D eigenvalue weighted by Crippen LogP contribution is 2.29. The number of nitrogen functional groups attached to an aromatic ring is 1. The summed E-state index contributed by atoms with van der Waals surface area (Å²) in [5.41, 5.74) is 7.99. The largest absolute Gasteiger partial charge is 0.398 e. The van der Waals surface area contributed by atoms with E-state index in [0.29, 0.717) is 0 Å². The summed E-state index contributed by atoms with van der Waals surface area (Å²) in [5.74, 6) is 0.911. The summed E-state index contributed by atoms with van der Waals surface area (Å²) < 4.78 is 1.01. The molecule has 0 amide bonds. The number of benzene rings is 1. The smallest absolute Gasteiger partial charge is 0.0463 e. The summed E-state index contributed by atoms with van der Waals surface area (Å²) in [6.45, 7) is 0. The molecule has 0 atom stereocenters. The number of thioether (sulfide) groups is 1. The number of hydrogen-bond acceptors (Lipinski definition) is 3. The molecule has 1 heterocycles. The van der Waals surface area contributed by atoms with Gasteiger partial charge in [-0.3, -0.25) is 4.98 Å². The highest BCUT2D eigenvalue weighted by molar-refractivity contribution is 9.10. The van der Waals surface area contributed by atoms with Gasteiger partial charge < -0.3 is 5.73 Å². The number of pyridine rings is 1. The van der Waals surface area contributed by atoms with Gasteiger partial charge in [-0.15, -0.1) is 11.8 Å². The molecule has 0 aliphatic heterocycles. The molecule has 82 valence electrons. The van der Waals surface area contributed by atoms with E-state index in [1.54, 1.807) is 24.2 Å². The molecule has 0 saturated carbocycles. The van der Waals surface area contributed by atoms with Crippen LogP contribution in [0.4, 0.5) is 5.69 Å². The van der Waals surface area contributed by atoms with Gasteiger partial charge in [0.05, 0.1) is 0 Å². The molecule has 0 unspecified atom stereocenters. The predicted molar refractivity (Wildman–Crippen MR) is 72.4 cm³/mol. The van der Waals surface area contributed by atoms with Crippen LogP contribution in [-0.4, -0.2) is 4.98 Å². The molecule has 0 fully saturated rings. The molecule has 0 aliphatic rings. The van der Waals surface area contributed by atoms with Crippen LogP contribution in [0.25, 0.3) is 0 Å². The van der Waals surface area contributed by atoms with Crippen molar-refractivity contribution in [2.24, 2.45) is 0 Å². The van der Waals surface area contributed by atoms with Gasteiger partial charge in [0.1, 0.15) is 0 Å². The molecule has 0 spiro atoms. The van der Waals surface area contributed by atoms with Crippen LogP contribution in [0.3, 0.4) is 0 Å².